The number of hydrogen-bond acceptors (Lipinski definition) is 6. The van der Waals surface area contributed by atoms with Crippen molar-refractivity contribution in [2.75, 3.05) is 13.2 Å². The molecule has 73 heavy (non-hydrogen) atoms. The van der Waals surface area contributed by atoms with Crippen LogP contribution < -0.4 is 0 Å². The third-order valence-corrected chi connectivity index (χ3v) is 13.1. The summed E-state index contributed by atoms with van der Waals surface area (Å²) >= 11 is 0. The van der Waals surface area contributed by atoms with Gasteiger partial charge in [-0.2, -0.15) is 0 Å². The van der Waals surface area contributed by atoms with E-state index in [2.05, 4.69) is 118 Å². The number of allylic oxidation sites excluding steroid dienone is 16. The third-order valence-electron chi connectivity index (χ3n) is 13.1. The van der Waals surface area contributed by atoms with Gasteiger partial charge in [-0.05, 0) is 103 Å². The number of unbranched alkanes of at least 4 members (excludes halogenated alkanes) is 28. The van der Waals surface area contributed by atoms with Crippen molar-refractivity contribution in [3.8, 4) is 0 Å². The van der Waals surface area contributed by atoms with Gasteiger partial charge in [-0.25, -0.2) is 0 Å². The van der Waals surface area contributed by atoms with E-state index in [4.69, 9.17) is 14.2 Å². The highest BCUT2D eigenvalue weighted by molar-refractivity contribution is 5.71. The Balaban J connectivity index is 4.03. The van der Waals surface area contributed by atoms with Crippen molar-refractivity contribution in [1.29, 1.82) is 0 Å². The first-order valence-corrected chi connectivity index (χ1v) is 30.7. The first kappa shape index (κ1) is 69.3. The van der Waals surface area contributed by atoms with Crippen LogP contribution in [0.25, 0.3) is 0 Å². The number of rotatable bonds is 55. The molecule has 0 aromatic carbocycles. The highest BCUT2D eigenvalue weighted by Crippen LogP contribution is 2.15. The first-order chi connectivity index (χ1) is 36.0. The Hall–Kier alpha value is -3.67. The van der Waals surface area contributed by atoms with Crippen molar-refractivity contribution in [2.24, 2.45) is 0 Å². The maximum atomic E-state index is 12.8. The summed E-state index contributed by atoms with van der Waals surface area (Å²) in [5, 5.41) is 0. The fraction of sp³-hybridized carbons (Fsp3) is 0.716. The summed E-state index contributed by atoms with van der Waals surface area (Å²) < 4.78 is 16.7. The fourth-order valence-corrected chi connectivity index (χ4v) is 8.48. The van der Waals surface area contributed by atoms with Gasteiger partial charge in [0, 0.05) is 19.3 Å². The van der Waals surface area contributed by atoms with E-state index in [1.54, 1.807) is 0 Å². The lowest BCUT2D eigenvalue weighted by Crippen LogP contribution is -2.30. The fourth-order valence-electron chi connectivity index (χ4n) is 8.48. The molecule has 0 aliphatic carbocycles. The molecule has 0 aromatic heterocycles. The minimum atomic E-state index is -0.776. The van der Waals surface area contributed by atoms with Crippen molar-refractivity contribution in [1.82, 2.24) is 0 Å². The van der Waals surface area contributed by atoms with Crippen molar-refractivity contribution in [3.05, 3.63) is 97.2 Å². The summed E-state index contributed by atoms with van der Waals surface area (Å²) in [4.78, 5) is 37.8. The molecule has 0 saturated carbocycles. The van der Waals surface area contributed by atoms with Gasteiger partial charge in [0.15, 0.2) is 6.10 Å². The minimum Gasteiger partial charge on any atom is -0.462 e. The Morgan fingerprint density at radius 3 is 0.849 bits per heavy atom. The lowest BCUT2D eigenvalue weighted by atomic mass is 10.0. The average molecular weight is 1020 g/mol. The number of esters is 3. The van der Waals surface area contributed by atoms with Gasteiger partial charge in [0.25, 0.3) is 0 Å². The molecule has 1 atom stereocenters. The first-order valence-electron chi connectivity index (χ1n) is 30.7. The van der Waals surface area contributed by atoms with E-state index in [0.29, 0.717) is 19.3 Å². The molecule has 0 rings (SSSR count). The molecule has 0 spiro atoms. The zero-order chi connectivity index (χ0) is 52.9. The van der Waals surface area contributed by atoms with Crippen LogP contribution in [0.2, 0.25) is 0 Å². The summed E-state index contributed by atoms with van der Waals surface area (Å²) in [5.74, 6) is -0.894. The summed E-state index contributed by atoms with van der Waals surface area (Å²) in [6.07, 6.45) is 81.7. The maximum Gasteiger partial charge on any atom is 0.306 e. The van der Waals surface area contributed by atoms with E-state index < -0.39 is 6.10 Å². The maximum absolute atomic E-state index is 12.8. The predicted molar refractivity (Wildman–Crippen MR) is 316 cm³/mol. The summed E-state index contributed by atoms with van der Waals surface area (Å²) in [5.41, 5.74) is 0. The second-order valence-corrected chi connectivity index (χ2v) is 20.2. The Bertz CT molecular complexity index is 1440. The molecule has 0 aliphatic rings. The third kappa shape index (κ3) is 59.1. The zero-order valence-corrected chi connectivity index (χ0v) is 47.9. The molecule has 0 radical (unpaired) electrons. The zero-order valence-electron chi connectivity index (χ0n) is 47.9. The lowest BCUT2D eigenvalue weighted by molar-refractivity contribution is -0.167. The molecule has 0 bridgehead atoms. The molecular weight excluding hydrogens is 901 g/mol. The van der Waals surface area contributed by atoms with Gasteiger partial charge in [0.2, 0.25) is 0 Å². The summed E-state index contributed by atoms with van der Waals surface area (Å²) in [7, 11) is 0. The van der Waals surface area contributed by atoms with Gasteiger partial charge in [-0.15, -0.1) is 0 Å². The van der Waals surface area contributed by atoms with Crippen LogP contribution in [0, 0.1) is 0 Å². The van der Waals surface area contributed by atoms with Gasteiger partial charge in [-0.3, -0.25) is 14.4 Å². The largest absolute Gasteiger partial charge is 0.462 e. The van der Waals surface area contributed by atoms with E-state index in [1.165, 1.54) is 141 Å². The number of hydrogen-bond donors (Lipinski definition) is 0. The van der Waals surface area contributed by atoms with Crippen molar-refractivity contribution >= 4 is 17.9 Å². The minimum absolute atomic E-state index is 0.0787. The van der Waals surface area contributed by atoms with E-state index in [0.717, 1.165) is 109 Å². The SMILES string of the molecule is CC/C=C\C/C=C\C/C=C\C/C=C\C/C=C\C/C=C\C/C=C\CCCCCCCCCCCCCC(=O)OCC(COC(=O)CCCCCCC)OC(=O)CCCCCCCCC/C=C\CCCCCCCC. The molecule has 6 nitrogen and oxygen atoms in total. The molecule has 0 fully saturated rings. The van der Waals surface area contributed by atoms with Gasteiger partial charge in [0.05, 0.1) is 0 Å². The van der Waals surface area contributed by atoms with Crippen LogP contribution in [0.15, 0.2) is 97.2 Å². The van der Waals surface area contributed by atoms with Crippen molar-refractivity contribution in [3.63, 3.8) is 0 Å². The van der Waals surface area contributed by atoms with Crippen molar-refractivity contribution in [2.45, 2.75) is 297 Å². The molecule has 6 heteroatoms. The quantitative estimate of drug-likeness (QED) is 0.0261. The number of carbonyl (C=O) groups is 3. The lowest BCUT2D eigenvalue weighted by Gasteiger charge is -2.18. The predicted octanol–water partition coefficient (Wildman–Crippen LogP) is 20.9. The Morgan fingerprint density at radius 1 is 0.288 bits per heavy atom. The number of carbonyl (C=O) groups excluding carboxylic acids is 3. The number of ether oxygens (including phenoxy) is 3. The van der Waals surface area contributed by atoms with Crippen LogP contribution >= 0.6 is 0 Å². The Morgan fingerprint density at radius 2 is 0.534 bits per heavy atom. The average Bonchev–Trinajstić information content (AvgIpc) is 3.39. The second-order valence-electron chi connectivity index (χ2n) is 20.2. The highest BCUT2D eigenvalue weighted by Gasteiger charge is 2.19. The molecule has 0 heterocycles. The van der Waals surface area contributed by atoms with Crippen LogP contribution in [0.5, 0.6) is 0 Å². The smallest absolute Gasteiger partial charge is 0.306 e. The Labute approximate surface area is 451 Å². The standard InChI is InChI=1S/C67H114O6/c1-4-7-10-13-15-17-19-21-23-25-26-27-28-29-30-31-32-33-34-35-36-37-38-39-40-42-43-45-47-49-51-54-57-60-66(69)72-63-64(62-71-65(68)59-56-53-12-9-6-3)73-67(70)61-58-55-52-50-48-46-44-41-24-22-20-18-16-14-11-8-5-2/h7,10,15,17,21-24,26-27,29-30,32-33,35-36,64H,4-6,8-9,11-14,16,18-20,25,28,31,34,37-63H2,1-3H3/b10-7-,17-15-,23-21-,24-22-,27-26-,30-29-,33-32-,36-35-. The van der Waals surface area contributed by atoms with Crippen LogP contribution in [0.3, 0.4) is 0 Å². The van der Waals surface area contributed by atoms with Crippen LogP contribution in [0.1, 0.15) is 290 Å². The topological polar surface area (TPSA) is 78.9 Å². The molecule has 1 unspecified atom stereocenters. The van der Waals surface area contributed by atoms with Gasteiger partial charge in [-0.1, -0.05) is 266 Å². The normalized spacial score (nSPS) is 12.8. The summed E-state index contributed by atoms with van der Waals surface area (Å²) in [6.45, 7) is 6.44. The van der Waals surface area contributed by atoms with E-state index in [9.17, 15) is 14.4 Å². The highest BCUT2D eigenvalue weighted by atomic mass is 16.6. The van der Waals surface area contributed by atoms with Gasteiger partial charge in [0.1, 0.15) is 13.2 Å². The van der Waals surface area contributed by atoms with E-state index >= 15 is 0 Å². The molecule has 0 amide bonds. The molecular formula is C67H114O6. The molecule has 0 aliphatic heterocycles. The van der Waals surface area contributed by atoms with Crippen LogP contribution in [-0.4, -0.2) is 37.2 Å². The molecule has 0 aromatic rings. The molecule has 0 saturated heterocycles. The molecule has 418 valence electrons. The van der Waals surface area contributed by atoms with E-state index in [1.807, 2.05) is 0 Å². The van der Waals surface area contributed by atoms with Gasteiger partial charge >= 0.3 is 17.9 Å². The molecule has 0 N–H and O–H groups in total. The van der Waals surface area contributed by atoms with Crippen LogP contribution in [-0.2, 0) is 28.6 Å². The van der Waals surface area contributed by atoms with Gasteiger partial charge < -0.3 is 14.2 Å². The van der Waals surface area contributed by atoms with E-state index in [-0.39, 0.29) is 31.1 Å². The monoisotopic (exact) mass is 1010 g/mol. The second kappa shape index (κ2) is 60.9. The van der Waals surface area contributed by atoms with Crippen LogP contribution in [0.4, 0.5) is 0 Å². The van der Waals surface area contributed by atoms with Crippen molar-refractivity contribution < 1.29 is 28.6 Å². The Kier molecular flexibility index (Phi) is 57.8. The summed E-state index contributed by atoms with van der Waals surface area (Å²) in [6, 6.07) is 0.